The maximum Gasteiger partial charge on any atom is 0.328 e. The van der Waals surface area contributed by atoms with Crippen LogP contribution in [0.15, 0.2) is 24.3 Å². The van der Waals surface area contributed by atoms with E-state index in [2.05, 4.69) is 39.5 Å². The van der Waals surface area contributed by atoms with Crippen LogP contribution in [0, 0.1) is 0 Å². The Kier molecular flexibility index (Phi) is 9.74. The van der Waals surface area contributed by atoms with E-state index in [1.165, 1.54) is 19.3 Å². The normalized spacial score (nSPS) is 11.0. The molecule has 1 aromatic rings. The van der Waals surface area contributed by atoms with Crippen LogP contribution in [-0.4, -0.2) is 46.8 Å². The second-order valence-corrected chi connectivity index (χ2v) is 5.62. The quantitative estimate of drug-likeness (QED) is 0.782. The minimum absolute atomic E-state index is 0.0278. The number of nitrogens with zero attached hydrogens (tertiary/aromatic N) is 1. The molecule has 0 bridgehead atoms. The Hall–Kier alpha value is -2.01. The van der Waals surface area contributed by atoms with E-state index in [1.54, 1.807) is 12.1 Å². The van der Waals surface area contributed by atoms with Gasteiger partial charge in [0.25, 0.3) is 0 Å². The van der Waals surface area contributed by atoms with Gasteiger partial charge in [0, 0.05) is 18.2 Å². The first kappa shape index (κ1) is 21.0. The number of carboxylic acids is 1. The third-order valence-corrected chi connectivity index (χ3v) is 3.31. The molecule has 23 heavy (non-hydrogen) atoms. The second kappa shape index (κ2) is 10.7. The lowest BCUT2D eigenvalue weighted by atomic mass is 10.2. The minimum Gasteiger partial charge on any atom is -0.504 e. The third-order valence-electron chi connectivity index (χ3n) is 3.31. The fourth-order valence-electron chi connectivity index (χ4n) is 2.29. The summed E-state index contributed by atoms with van der Waals surface area (Å²) < 4.78 is 4.86. The van der Waals surface area contributed by atoms with Crippen molar-refractivity contribution in [3.8, 4) is 11.5 Å². The smallest absolute Gasteiger partial charge is 0.328 e. The van der Waals surface area contributed by atoms with E-state index in [-0.39, 0.29) is 5.75 Å². The molecular formula is C18H29NO4. The molecule has 0 heterocycles. The SMILES string of the molecule is CCN(C(C)C)C(C)C.COc1cc(/C=C/C(=O)O)ccc1O. The van der Waals surface area contributed by atoms with Gasteiger partial charge in [0.2, 0.25) is 0 Å². The average Bonchev–Trinajstić information content (AvgIpc) is 2.46. The highest BCUT2D eigenvalue weighted by Crippen LogP contribution is 2.26. The highest BCUT2D eigenvalue weighted by Gasteiger charge is 2.09. The molecule has 0 atom stereocenters. The fraction of sp³-hybridized carbons (Fsp3) is 0.500. The van der Waals surface area contributed by atoms with Crippen LogP contribution in [0.25, 0.3) is 6.08 Å². The summed E-state index contributed by atoms with van der Waals surface area (Å²) in [7, 11) is 1.43. The molecule has 0 saturated carbocycles. The molecule has 1 rings (SSSR count). The summed E-state index contributed by atoms with van der Waals surface area (Å²) >= 11 is 0. The zero-order valence-corrected chi connectivity index (χ0v) is 14.9. The number of hydrogen-bond donors (Lipinski definition) is 2. The van der Waals surface area contributed by atoms with Gasteiger partial charge >= 0.3 is 5.97 Å². The van der Waals surface area contributed by atoms with Gasteiger partial charge < -0.3 is 14.9 Å². The Bertz CT molecular complexity index is 502. The number of rotatable bonds is 6. The van der Waals surface area contributed by atoms with Gasteiger partial charge in [0.05, 0.1) is 7.11 Å². The number of benzene rings is 1. The predicted molar refractivity (Wildman–Crippen MR) is 94.0 cm³/mol. The van der Waals surface area contributed by atoms with Crippen LogP contribution >= 0.6 is 0 Å². The summed E-state index contributed by atoms with van der Waals surface area (Å²) in [6.07, 6.45) is 2.44. The maximum atomic E-state index is 10.2. The van der Waals surface area contributed by atoms with Crippen molar-refractivity contribution < 1.29 is 19.7 Å². The van der Waals surface area contributed by atoms with Gasteiger partial charge in [-0.1, -0.05) is 13.0 Å². The van der Waals surface area contributed by atoms with Crippen LogP contribution < -0.4 is 4.74 Å². The van der Waals surface area contributed by atoms with E-state index < -0.39 is 5.97 Å². The first-order valence-electron chi connectivity index (χ1n) is 7.76. The largest absolute Gasteiger partial charge is 0.504 e. The van der Waals surface area contributed by atoms with Crippen molar-refractivity contribution >= 4 is 12.0 Å². The van der Waals surface area contributed by atoms with Crippen LogP contribution in [0.1, 0.15) is 40.2 Å². The van der Waals surface area contributed by atoms with E-state index in [0.717, 1.165) is 12.6 Å². The van der Waals surface area contributed by atoms with Gasteiger partial charge in [-0.05, 0) is 58.0 Å². The van der Waals surface area contributed by atoms with E-state index >= 15 is 0 Å². The lowest BCUT2D eigenvalue weighted by Crippen LogP contribution is -2.36. The predicted octanol–water partition coefficient (Wildman–Crippen LogP) is 3.62. The van der Waals surface area contributed by atoms with Crippen molar-refractivity contribution in [2.45, 2.75) is 46.7 Å². The third kappa shape index (κ3) is 8.26. The summed E-state index contributed by atoms with van der Waals surface area (Å²) in [6.45, 7) is 12.3. The molecule has 0 radical (unpaired) electrons. The number of phenols is 1. The van der Waals surface area contributed by atoms with E-state index in [9.17, 15) is 9.90 Å². The summed E-state index contributed by atoms with van der Waals surface area (Å²) in [5, 5.41) is 17.6. The first-order chi connectivity index (χ1) is 10.7. The number of aromatic hydroxyl groups is 1. The molecule has 130 valence electrons. The van der Waals surface area contributed by atoms with E-state index in [1.807, 2.05) is 0 Å². The standard InChI is InChI=1S/C10H10O4.C8H19N/c1-14-9-6-7(2-4-8(9)11)3-5-10(12)13;1-6-9(7(2)3)8(4)5/h2-6,11H,1H3,(H,12,13);7-8H,6H2,1-5H3/b5-3+;. The van der Waals surface area contributed by atoms with Crippen molar-refractivity contribution in [3.63, 3.8) is 0 Å². The molecule has 0 aliphatic heterocycles. The Labute approximate surface area is 139 Å². The van der Waals surface area contributed by atoms with Gasteiger partial charge in [0.1, 0.15) is 0 Å². The molecule has 0 spiro atoms. The Morgan fingerprint density at radius 2 is 1.83 bits per heavy atom. The highest BCUT2D eigenvalue weighted by atomic mass is 16.5. The molecule has 0 amide bonds. The van der Waals surface area contributed by atoms with Crippen LogP contribution in [0.2, 0.25) is 0 Å². The van der Waals surface area contributed by atoms with Crippen LogP contribution in [0.3, 0.4) is 0 Å². The lowest BCUT2D eigenvalue weighted by molar-refractivity contribution is -0.131. The van der Waals surface area contributed by atoms with Gasteiger partial charge in [-0.3, -0.25) is 4.90 Å². The molecule has 0 aliphatic rings. The van der Waals surface area contributed by atoms with Crippen molar-refractivity contribution in [1.82, 2.24) is 4.90 Å². The summed E-state index contributed by atoms with van der Waals surface area (Å²) in [4.78, 5) is 12.7. The molecule has 1 aromatic carbocycles. The zero-order chi connectivity index (χ0) is 18.0. The summed E-state index contributed by atoms with van der Waals surface area (Å²) in [6, 6.07) is 5.97. The molecule has 0 unspecified atom stereocenters. The van der Waals surface area contributed by atoms with Crippen molar-refractivity contribution in [2.75, 3.05) is 13.7 Å². The molecule has 2 N–H and O–H groups in total. The maximum absolute atomic E-state index is 10.2. The van der Waals surface area contributed by atoms with Crippen LogP contribution in [0.5, 0.6) is 11.5 Å². The Morgan fingerprint density at radius 3 is 2.17 bits per heavy atom. The van der Waals surface area contributed by atoms with Gasteiger partial charge in [0.15, 0.2) is 11.5 Å². The van der Waals surface area contributed by atoms with Gasteiger partial charge in [-0.2, -0.15) is 0 Å². The average molecular weight is 323 g/mol. The second-order valence-electron chi connectivity index (χ2n) is 5.62. The number of carbonyl (C=O) groups is 1. The topological polar surface area (TPSA) is 70.0 Å². The molecular weight excluding hydrogens is 294 g/mol. The van der Waals surface area contributed by atoms with Crippen LogP contribution in [0.4, 0.5) is 0 Å². The Balaban J connectivity index is 0.000000468. The number of aliphatic carboxylic acids is 1. The highest BCUT2D eigenvalue weighted by molar-refractivity contribution is 5.85. The summed E-state index contributed by atoms with van der Waals surface area (Å²) in [5.74, 6) is -0.672. The van der Waals surface area contributed by atoms with Crippen molar-refractivity contribution in [2.24, 2.45) is 0 Å². The molecule has 5 heteroatoms. The van der Waals surface area contributed by atoms with Gasteiger partial charge in [-0.15, -0.1) is 0 Å². The first-order valence-corrected chi connectivity index (χ1v) is 7.76. The number of ether oxygens (including phenoxy) is 1. The monoisotopic (exact) mass is 323 g/mol. The number of methoxy groups -OCH3 is 1. The molecule has 0 fully saturated rings. The zero-order valence-electron chi connectivity index (χ0n) is 14.9. The van der Waals surface area contributed by atoms with Gasteiger partial charge in [-0.25, -0.2) is 4.79 Å². The lowest BCUT2D eigenvalue weighted by Gasteiger charge is -2.28. The Morgan fingerprint density at radius 1 is 1.26 bits per heavy atom. The minimum atomic E-state index is -1.02. The number of carboxylic acid groups (broad SMARTS) is 1. The van der Waals surface area contributed by atoms with Crippen molar-refractivity contribution in [3.05, 3.63) is 29.8 Å². The van der Waals surface area contributed by atoms with Crippen molar-refractivity contribution in [1.29, 1.82) is 0 Å². The number of hydrogen-bond acceptors (Lipinski definition) is 4. The van der Waals surface area contributed by atoms with E-state index in [4.69, 9.17) is 9.84 Å². The summed E-state index contributed by atoms with van der Waals surface area (Å²) in [5.41, 5.74) is 0.655. The molecule has 0 aliphatic carbocycles. The number of phenolic OH excluding ortho intramolecular Hbond substituents is 1. The van der Waals surface area contributed by atoms with E-state index in [0.29, 0.717) is 23.4 Å². The molecule has 0 saturated heterocycles. The molecule has 5 nitrogen and oxygen atoms in total. The van der Waals surface area contributed by atoms with Crippen LogP contribution in [-0.2, 0) is 4.79 Å². The molecule has 0 aromatic heterocycles. The fourth-order valence-corrected chi connectivity index (χ4v) is 2.29.